The normalized spacial score (nSPS) is 9.80. The Hall–Kier alpha value is -2.75. The minimum absolute atomic E-state index is 0.240. The van der Waals surface area contributed by atoms with E-state index in [2.05, 4.69) is 0 Å². The van der Waals surface area contributed by atoms with Gasteiger partial charge in [-0.1, -0.05) is 60.7 Å². The van der Waals surface area contributed by atoms with Crippen molar-refractivity contribution in [1.82, 2.24) is 0 Å². The Labute approximate surface area is 116 Å². The highest BCUT2D eigenvalue weighted by Crippen LogP contribution is 2.03. The molecule has 0 bridgehead atoms. The number of Topliss-reactive ketones (excluding diaryl/α,β-unsaturated/α-hetero) is 2. The highest BCUT2D eigenvalue weighted by atomic mass is 16.5. The fourth-order valence-electron chi connectivity index (χ4n) is 1.61. The van der Waals surface area contributed by atoms with E-state index in [0.717, 1.165) is 0 Å². The summed E-state index contributed by atoms with van der Waals surface area (Å²) in [5, 5.41) is 0. The van der Waals surface area contributed by atoms with Crippen molar-refractivity contribution < 1.29 is 19.1 Å². The van der Waals surface area contributed by atoms with Gasteiger partial charge in [-0.3, -0.25) is 9.59 Å². The predicted molar refractivity (Wildman–Crippen MR) is 72.5 cm³/mol. The lowest BCUT2D eigenvalue weighted by molar-refractivity contribution is -0.137. The molecule has 0 aliphatic carbocycles. The molecule has 0 radical (unpaired) electrons. The number of benzene rings is 2. The zero-order valence-electron chi connectivity index (χ0n) is 10.6. The lowest BCUT2D eigenvalue weighted by Gasteiger charge is -2.03. The van der Waals surface area contributed by atoms with E-state index in [-0.39, 0.29) is 11.3 Å². The molecule has 0 saturated heterocycles. The summed E-state index contributed by atoms with van der Waals surface area (Å²) in [7, 11) is 0. The van der Waals surface area contributed by atoms with Gasteiger partial charge in [-0.15, -0.1) is 0 Å². The monoisotopic (exact) mass is 268 g/mol. The average Bonchev–Trinajstić information content (AvgIpc) is 2.53. The van der Waals surface area contributed by atoms with E-state index >= 15 is 0 Å². The van der Waals surface area contributed by atoms with E-state index in [9.17, 15) is 14.4 Å². The van der Waals surface area contributed by atoms with Crippen molar-refractivity contribution in [2.75, 3.05) is 6.61 Å². The minimum atomic E-state index is -1.03. The van der Waals surface area contributed by atoms with Gasteiger partial charge in [-0.2, -0.15) is 0 Å². The molecule has 2 aromatic rings. The third-order valence-electron chi connectivity index (χ3n) is 2.65. The number of hydrogen-bond acceptors (Lipinski definition) is 4. The summed E-state index contributed by atoms with van der Waals surface area (Å²) in [6.45, 7) is -0.443. The number of rotatable bonds is 5. The second kappa shape index (κ2) is 6.43. The van der Waals surface area contributed by atoms with Crippen LogP contribution in [0.5, 0.6) is 0 Å². The van der Waals surface area contributed by atoms with Crippen LogP contribution in [0.1, 0.15) is 20.7 Å². The lowest BCUT2D eigenvalue weighted by atomic mass is 10.1. The summed E-state index contributed by atoms with van der Waals surface area (Å²) in [5.41, 5.74) is 0.678. The molecule has 2 rings (SSSR count). The predicted octanol–water partition coefficient (Wildman–Crippen LogP) is 2.30. The van der Waals surface area contributed by atoms with Gasteiger partial charge >= 0.3 is 5.97 Å². The maximum atomic E-state index is 11.7. The molecule has 0 N–H and O–H groups in total. The summed E-state index contributed by atoms with van der Waals surface area (Å²) >= 11 is 0. The Kier molecular flexibility index (Phi) is 4.39. The molecule has 0 spiro atoms. The lowest BCUT2D eigenvalue weighted by Crippen LogP contribution is -2.21. The Morgan fingerprint density at radius 3 is 1.80 bits per heavy atom. The number of esters is 1. The molecule has 4 nitrogen and oxygen atoms in total. The second-order valence-corrected chi connectivity index (χ2v) is 4.06. The van der Waals surface area contributed by atoms with Crippen LogP contribution in [0, 0.1) is 0 Å². The largest absolute Gasteiger partial charge is 0.451 e. The molecule has 0 amide bonds. The first-order chi connectivity index (χ1) is 9.68. The molecule has 2 aromatic carbocycles. The highest BCUT2D eigenvalue weighted by Gasteiger charge is 2.19. The summed E-state index contributed by atoms with van der Waals surface area (Å²) in [5.74, 6) is -2.13. The van der Waals surface area contributed by atoms with Crippen LogP contribution < -0.4 is 0 Å². The van der Waals surface area contributed by atoms with Gasteiger partial charge in [-0.05, 0) is 0 Å². The Balaban J connectivity index is 1.93. The van der Waals surface area contributed by atoms with E-state index in [4.69, 9.17) is 4.74 Å². The first kappa shape index (κ1) is 13.7. The summed E-state index contributed by atoms with van der Waals surface area (Å²) < 4.78 is 4.74. The van der Waals surface area contributed by atoms with Crippen LogP contribution in [0.4, 0.5) is 0 Å². The first-order valence-corrected chi connectivity index (χ1v) is 6.03. The zero-order chi connectivity index (χ0) is 14.4. The van der Waals surface area contributed by atoms with Gasteiger partial charge in [0, 0.05) is 11.1 Å². The Bertz CT molecular complexity index is 617. The van der Waals surface area contributed by atoms with Gasteiger partial charge in [0.05, 0.1) is 0 Å². The van der Waals surface area contributed by atoms with Crippen LogP contribution in [-0.4, -0.2) is 24.1 Å². The van der Waals surface area contributed by atoms with Crippen molar-refractivity contribution in [2.24, 2.45) is 0 Å². The Morgan fingerprint density at radius 2 is 1.25 bits per heavy atom. The van der Waals surface area contributed by atoms with Crippen molar-refractivity contribution in [3.63, 3.8) is 0 Å². The second-order valence-electron chi connectivity index (χ2n) is 4.06. The van der Waals surface area contributed by atoms with Crippen molar-refractivity contribution >= 4 is 17.5 Å². The van der Waals surface area contributed by atoms with E-state index in [0.29, 0.717) is 5.56 Å². The van der Waals surface area contributed by atoms with E-state index in [1.807, 2.05) is 0 Å². The minimum Gasteiger partial charge on any atom is -0.451 e. The van der Waals surface area contributed by atoms with E-state index < -0.39 is 18.4 Å². The van der Waals surface area contributed by atoms with Crippen molar-refractivity contribution in [3.05, 3.63) is 71.8 Å². The van der Waals surface area contributed by atoms with E-state index in [1.54, 1.807) is 48.5 Å². The van der Waals surface area contributed by atoms with Gasteiger partial charge < -0.3 is 4.74 Å². The molecule has 0 aliphatic rings. The maximum Gasteiger partial charge on any atom is 0.380 e. The molecule has 0 aliphatic heterocycles. The SMILES string of the molecule is O=C(OCC(=O)c1ccccc1)C(=O)c1ccccc1. The third-order valence-corrected chi connectivity index (χ3v) is 2.65. The van der Waals surface area contributed by atoms with Crippen LogP contribution in [0.25, 0.3) is 0 Å². The topological polar surface area (TPSA) is 60.4 Å². The van der Waals surface area contributed by atoms with Crippen LogP contribution in [0.3, 0.4) is 0 Å². The average molecular weight is 268 g/mol. The van der Waals surface area contributed by atoms with E-state index in [1.165, 1.54) is 12.1 Å². The molecule has 20 heavy (non-hydrogen) atoms. The summed E-state index contributed by atoms with van der Waals surface area (Å²) in [6.07, 6.45) is 0. The third kappa shape index (κ3) is 3.38. The highest BCUT2D eigenvalue weighted by molar-refractivity contribution is 6.40. The van der Waals surface area contributed by atoms with Gasteiger partial charge in [0.15, 0.2) is 12.4 Å². The smallest absolute Gasteiger partial charge is 0.380 e. The quantitative estimate of drug-likeness (QED) is 0.474. The molecular formula is C16H12O4. The first-order valence-electron chi connectivity index (χ1n) is 6.03. The van der Waals surface area contributed by atoms with Crippen molar-refractivity contribution in [3.8, 4) is 0 Å². The fourth-order valence-corrected chi connectivity index (χ4v) is 1.61. The zero-order valence-corrected chi connectivity index (χ0v) is 10.6. The van der Waals surface area contributed by atoms with Crippen LogP contribution in [0.2, 0.25) is 0 Å². The summed E-state index contributed by atoms with van der Waals surface area (Å²) in [4.78, 5) is 35.0. The molecule has 0 fully saturated rings. The van der Waals surface area contributed by atoms with Crippen molar-refractivity contribution in [1.29, 1.82) is 0 Å². The molecule has 0 heterocycles. The van der Waals surface area contributed by atoms with Gasteiger partial charge in [0.2, 0.25) is 0 Å². The molecule has 0 saturated carbocycles. The van der Waals surface area contributed by atoms with Crippen molar-refractivity contribution in [2.45, 2.75) is 0 Å². The molecule has 4 heteroatoms. The van der Waals surface area contributed by atoms with Crippen LogP contribution >= 0.6 is 0 Å². The standard InChI is InChI=1S/C16H12O4/c17-14(12-7-3-1-4-8-12)11-20-16(19)15(18)13-9-5-2-6-10-13/h1-10H,11H2. The number of carbonyl (C=O) groups is 3. The number of ether oxygens (including phenoxy) is 1. The van der Waals surface area contributed by atoms with Gasteiger partial charge in [0.1, 0.15) is 0 Å². The molecular weight excluding hydrogens is 256 g/mol. The van der Waals surface area contributed by atoms with Gasteiger partial charge in [-0.25, -0.2) is 4.79 Å². The number of carbonyl (C=O) groups excluding carboxylic acids is 3. The number of hydrogen-bond donors (Lipinski definition) is 0. The molecule has 0 atom stereocenters. The fraction of sp³-hybridized carbons (Fsp3) is 0.0625. The molecule has 0 aromatic heterocycles. The Morgan fingerprint density at radius 1 is 0.750 bits per heavy atom. The molecule has 100 valence electrons. The maximum absolute atomic E-state index is 11.7. The van der Waals surface area contributed by atoms with Crippen LogP contribution in [-0.2, 0) is 9.53 Å². The van der Waals surface area contributed by atoms with Crippen LogP contribution in [0.15, 0.2) is 60.7 Å². The van der Waals surface area contributed by atoms with Gasteiger partial charge in [0.25, 0.3) is 5.78 Å². The number of ketones is 2. The summed E-state index contributed by atoms with van der Waals surface area (Å²) in [6, 6.07) is 16.5. The molecule has 0 unspecified atom stereocenters.